The topological polar surface area (TPSA) is 52.7 Å². The molecule has 3 rings (SSSR count). The van der Waals surface area contributed by atoms with E-state index >= 15 is 0 Å². The molecular weight excluding hydrogens is 314 g/mol. The number of benzene rings is 1. The van der Waals surface area contributed by atoms with Crippen molar-refractivity contribution in [3.63, 3.8) is 0 Å². The Bertz CT molecular complexity index is 630. The number of amides is 3. The average molecular weight is 343 g/mol. The van der Waals surface area contributed by atoms with Gasteiger partial charge >= 0.3 is 6.03 Å². The van der Waals surface area contributed by atoms with Gasteiger partial charge in [-0.1, -0.05) is 25.3 Å². The van der Waals surface area contributed by atoms with Crippen LogP contribution in [0.15, 0.2) is 18.2 Å². The van der Waals surface area contributed by atoms with Crippen molar-refractivity contribution >= 4 is 11.9 Å². The van der Waals surface area contributed by atoms with Gasteiger partial charge in [-0.15, -0.1) is 0 Å². The summed E-state index contributed by atoms with van der Waals surface area (Å²) in [6.45, 7) is 6.49. The molecule has 0 atom stereocenters. The minimum Gasteiger partial charge on any atom is -0.335 e. The molecule has 0 bridgehead atoms. The molecule has 5 nitrogen and oxygen atoms in total. The first-order valence-corrected chi connectivity index (χ1v) is 9.46. The summed E-state index contributed by atoms with van der Waals surface area (Å²) in [5.74, 6) is 0.0652. The van der Waals surface area contributed by atoms with E-state index in [0.29, 0.717) is 32.2 Å². The number of hydrogen-bond donors (Lipinski definition) is 1. The smallest absolute Gasteiger partial charge is 0.317 e. The molecule has 0 radical (unpaired) electrons. The third-order valence-electron chi connectivity index (χ3n) is 5.54. The number of carbonyl (C=O) groups is 2. The van der Waals surface area contributed by atoms with E-state index in [1.165, 1.54) is 24.8 Å². The van der Waals surface area contributed by atoms with Gasteiger partial charge in [0.2, 0.25) is 0 Å². The predicted molar refractivity (Wildman–Crippen MR) is 98.8 cm³/mol. The van der Waals surface area contributed by atoms with E-state index in [-0.39, 0.29) is 11.9 Å². The van der Waals surface area contributed by atoms with Gasteiger partial charge in [-0.05, 0) is 49.9 Å². The molecule has 1 saturated heterocycles. The summed E-state index contributed by atoms with van der Waals surface area (Å²) in [4.78, 5) is 28.8. The second-order valence-electron chi connectivity index (χ2n) is 7.36. The average Bonchev–Trinajstić information content (AvgIpc) is 2.64. The van der Waals surface area contributed by atoms with Gasteiger partial charge in [-0.3, -0.25) is 4.79 Å². The fraction of sp³-hybridized carbons (Fsp3) is 0.600. The molecule has 1 aliphatic heterocycles. The van der Waals surface area contributed by atoms with E-state index in [2.05, 4.69) is 5.32 Å². The minimum atomic E-state index is 0.0326. The summed E-state index contributed by atoms with van der Waals surface area (Å²) in [6, 6.07) is 6.21. The quantitative estimate of drug-likeness (QED) is 0.897. The standard InChI is InChI=1S/C20H29N3O2/c1-15-8-9-17(14-16(15)2)19(24)22-10-12-23(13-11-22)20(25)21-18-6-4-3-5-7-18/h8-9,14,18H,3-7,10-13H2,1-2H3,(H,21,25). The largest absolute Gasteiger partial charge is 0.335 e. The molecule has 0 spiro atoms. The summed E-state index contributed by atoms with van der Waals surface area (Å²) < 4.78 is 0. The Hall–Kier alpha value is -2.04. The molecule has 25 heavy (non-hydrogen) atoms. The third kappa shape index (κ3) is 4.33. The lowest BCUT2D eigenvalue weighted by atomic mass is 9.96. The van der Waals surface area contributed by atoms with Crippen LogP contribution in [0.4, 0.5) is 4.79 Å². The van der Waals surface area contributed by atoms with Gasteiger partial charge in [-0.2, -0.15) is 0 Å². The molecule has 1 N–H and O–H groups in total. The zero-order valence-corrected chi connectivity index (χ0v) is 15.4. The van der Waals surface area contributed by atoms with Crippen LogP contribution in [-0.2, 0) is 0 Å². The molecule has 136 valence electrons. The number of urea groups is 1. The molecule has 2 aliphatic rings. The molecule has 1 heterocycles. The molecule has 1 aromatic rings. The molecule has 1 aromatic carbocycles. The van der Waals surface area contributed by atoms with Gasteiger partial charge in [0.25, 0.3) is 5.91 Å². The summed E-state index contributed by atoms with van der Waals surface area (Å²) in [6.07, 6.45) is 5.89. The fourth-order valence-electron chi connectivity index (χ4n) is 3.68. The highest BCUT2D eigenvalue weighted by Gasteiger charge is 2.26. The van der Waals surface area contributed by atoms with Crippen LogP contribution in [0.1, 0.15) is 53.6 Å². The van der Waals surface area contributed by atoms with Crippen molar-refractivity contribution in [3.05, 3.63) is 34.9 Å². The number of carbonyl (C=O) groups excluding carboxylic acids is 2. The van der Waals surface area contributed by atoms with E-state index in [0.717, 1.165) is 24.0 Å². The Morgan fingerprint density at radius 1 is 0.920 bits per heavy atom. The molecule has 5 heteroatoms. The van der Waals surface area contributed by atoms with Crippen LogP contribution in [0, 0.1) is 13.8 Å². The fourth-order valence-corrected chi connectivity index (χ4v) is 3.68. The first kappa shape index (κ1) is 17.8. The number of nitrogens with one attached hydrogen (secondary N) is 1. The first-order valence-electron chi connectivity index (χ1n) is 9.46. The third-order valence-corrected chi connectivity index (χ3v) is 5.54. The number of rotatable bonds is 2. The summed E-state index contributed by atoms with van der Waals surface area (Å²) in [5.41, 5.74) is 3.07. The Kier molecular flexibility index (Phi) is 5.61. The summed E-state index contributed by atoms with van der Waals surface area (Å²) >= 11 is 0. The lowest BCUT2D eigenvalue weighted by molar-refractivity contribution is 0.0662. The molecule has 2 fully saturated rings. The van der Waals surface area contributed by atoms with Crippen molar-refractivity contribution in [2.24, 2.45) is 0 Å². The first-order chi connectivity index (χ1) is 12.0. The van der Waals surface area contributed by atoms with Crippen molar-refractivity contribution in [1.29, 1.82) is 0 Å². The van der Waals surface area contributed by atoms with E-state index < -0.39 is 0 Å². The van der Waals surface area contributed by atoms with Gasteiger partial charge in [-0.25, -0.2) is 4.79 Å². The van der Waals surface area contributed by atoms with Gasteiger partial charge in [0, 0.05) is 37.8 Å². The lowest BCUT2D eigenvalue weighted by Gasteiger charge is -2.36. The van der Waals surface area contributed by atoms with Gasteiger partial charge < -0.3 is 15.1 Å². The van der Waals surface area contributed by atoms with Crippen molar-refractivity contribution in [2.75, 3.05) is 26.2 Å². The van der Waals surface area contributed by atoms with Crippen LogP contribution in [0.25, 0.3) is 0 Å². The number of nitrogens with zero attached hydrogens (tertiary/aromatic N) is 2. The maximum atomic E-state index is 12.7. The number of hydrogen-bond acceptors (Lipinski definition) is 2. The SMILES string of the molecule is Cc1ccc(C(=O)N2CCN(C(=O)NC3CCCCC3)CC2)cc1C. The monoisotopic (exact) mass is 343 g/mol. The Morgan fingerprint density at radius 3 is 2.20 bits per heavy atom. The maximum absolute atomic E-state index is 12.7. The Labute approximate surface area is 150 Å². The normalized spacial score (nSPS) is 19.0. The highest BCUT2D eigenvalue weighted by molar-refractivity contribution is 5.94. The molecule has 0 unspecified atom stereocenters. The highest BCUT2D eigenvalue weighted by atomic mass is 16.2. The molecule has 0 aromatic heterocycles. The minimum absolute atomic E-state index is 0.0326. The van der Waals surface area contributed by atoms with Crippen molar-refractivity contribution in [3.8, 4) is 0 Å². The second-order valence-corrected chi connectivity index (χ2v) is 7.36. The molecule has 1 saturated carbocycles. The van der Waals surface area contributed by atoms with Crippen LogP contribution in [-0.4, -0.2) is 54.0 Å². The van der Waals surface area contributed by atoms with Crippen LogP contribution < -0.4 is 5.32 Å². The Balaban J connectivity index is 1.51. The highest BCUT2D eigenvalue weighted by Crippen LogP contribution is 2.18. The molecular formula is C20H29N3O2. The molecule has 3 amide bonds. The predicted octanol–water partition coefficient (Wildman–Crippen LogP) is 3.10. The lowest BCUT2D eigenvalue weighted by Crippen LogP contribution is -2.54. The van der Waals surface area contributed by atoms with Crippen LogP contribution in [0.5, 0.6) is 0 Å². The van der Waals surface area contributed by atoms with Gasteiger partial charge in [0.15, 0.2) is 0 Å². The number of aryl methyl sites for hydroxylation is 2. The zero-order chi connectivity index (χ0) is 17.8. The van der Waals surface area contributed by atoms with Crippen molar-refractivity contribution in [1.82, 2.24) is 15.1 Å². The van der Waals surface area contributed by atoms with Crippen LogP contribution >= 0.6 is 0 Å². The van der Waals surface area contributed by atoms with E-state index in [1.807, 2.05) is 41.8 Å². The van der Waals surface area contributed by atoms with E-state index in [9.17, 15) is 9.59 Å². The van der Waals surface area contributed by atoms with Gasteiger partial charge in [0.1, 0.15) is 0 Å². The van der Waals surface area contributed by atoms with E-state index in [1.54, 1.807) is 0 Å². The van der Waals surface area contributed by atoms with Crippen LogP contribution in [0.3, 0.4) is 0 Å². The van der Waals surface area contributed by atoms with E-state index in [4.69, 9.17) is 0 Å². The van der Waals surface area contributed by atoms with Crippen molar-refractivity contribution < 1.29 is 9.59 Å². The van der Waals surface area contributed by atoms with Crippen molar-refractivity contribution in [2.45, 2.75) is 52.0 Å². The van der Waals surface area contributed by atoms with Crippen LogP contribution in [0.2, 0.25) is 0 Å². The maximum Gasteiger partial charge on any atom is 0.317 e. The zero-order valence-electron chi connectivity index (χ0n) is 15.4. The summed E-state index contributed by atoms with van der Waals surface area (Å²) in [5, 5.41) is 3.16. The van der Waals surface area contributed by atoms with Gasteiger partial charge in [0.05, 0.1) is 0 Å². The summed E-state index contributed by atoms with van der Waals surface area (Å²) in [7, 11) is 0. The number of piperazine rings is 1. The Morgan fingerprint density at radius 2 is 1.56 bits per heavy atom. The second kappa shape index (κ2) is 7.89. The molecule has 1 aliphatic carbocycles.